The van der Waals surface area contributed by atoms with Gasteiger partial charge in [0.1, 0.15) is 23.9 Å². The molecule has 0 radical (unpaired) electrons. The third-order valence-corrected chi connectivity index (χ3v) is 5.13. The topological polar surface area (TPSA) is 83.2 Å². The molecule has 8 heteroatoms. The second-order valence-corrected chi connectivity index (χ2v) is 7.53. The Morgan fingerprint density at radius 3 is 2.69 bits per heavy atom. The zero-order chi connectivity index (χ0) is 20.8. The van der Waals surface area contributed by atoms with Crippen molar-refractivity contribution in [2.75, 3.05) is 26.2 Å². The highest BCUT2D eigenvalue weighted by Crippen LogP contribution is 2.24. The average molecular weight is 421 g/mol. The van der Waals surface area contributed by atoms with Crippen molar-refractivity contribution in [3.05, 3.63) is 52.4 Å². The van der Waals surface area contributed by atoms with Gasteiger partial charge in [-0.3, -0.25) is 14.5 Å². The van der Waals surface area contributed by atoms with E-state index in [2.05, 4.69) is 4.90 Å². The summed E-state index contributed by atoms with van der Waals surface area (Å²) in [7, 11) is 0. The van der Waals surface area contributed by atoms with Crippen LogP contribution in [0.2, 0.25) is 5.02 Å². The number of carbonyl (C=O) groups is 2. The van der Waals surface area contributed by atoms with Gasteiger partial charge in [-0.05, 0) is 36.2 Å². The molecule has 3 rings (SSSR count). The molecule has 2 heterocycles. The Hall–Kier alpha value is -2.51. The summed E-state index contributed by atoms with van der Waals surface area (Å²) < 4.78 is 10.7. The van der Waals surface area contributed by atoms with Gasteiger partial charge in [0.15, 0.2) is 0 Å². The third kappa shape index (κ3) is 6.24. The number of ether oxygens (including phenoxy) is 1. The highest BCUT2D eigenvalue weighted by atomic mass is 35.5. The molecule has 0 unspecified atom stereocenters. The number of aromatic hydroxyl groups is 1. The van der Waals surface area contributed by atoms with Crippen LogP contribution in [-0.2, 0) is 33.9 Å². The number of phenolic OH excluding ortho intramolecular Hbond substituents is 1. The van der Waals surface area contributed by atoms with Gasteiger partial charge >= 0.3 is 5.97 Å². The van der Waals surface area contributed by atoms with Crippen molar-refractivity contribution in [2.24, 2.45) is 0 Å². The number of furan rings is 1. The molecule has 0 aliphatic carbocycles. The van der Waals surface area contributed by atoms with Crippen molar-refractivity contribution in [3.63, 3.8) is 0 Å². The number of hydrogen-bond acceptors (Lipinski definition) is 6. The zero-order valence-electron chi connectivity index (χ0n) is 16.4. The normalized spacial score (nSPS) is 15.2. The molecule has 1 aromatic heterocycles. The van der Waals surface area contributed by atoms with Gasteiger partial charge < -0.3 is 19.2 Å². The molecule has 0 atom stereocenters. The Morgan fingerprint density at radius 2 is 1.93 bits per heavy atom. The maximum atomic E-state index is 12.7. The molecule has 156 valence electrons. The lowest BCUT2D eigenvalue weighted by molar-refractivity contribution is -0.142. The van der Waals surface area contributed by atoms with E-state index in [-0.39, 0.29) is 35.7 Å². The van der Waals surface area contributed by atoms with Crippen molar-refractivity contribution >= 4 is 23.5 Å². The number of esters is 1. The van der Waals surface area contributed by atoms with Gasteiger partial charge in [-0.1, -0.05) is 17.7 Å². The first-order valence-corrected chi connectivity index (χ1v) is 9.97. The smallest absolute Gasteiger partial charge is 0.303 e. The second-order valence-electron chi connectivity index (χ2n) is 7.12. The first-order chi connectivity index (χ1) is 13.9. The Kier molecular flexibility index (Phi) is 7.17. The minimum absolute atomic E-state index is 0.0159. The molecule has 0 spiro atoms. The molecule has 1 fully saturated rings. The summed E-state index contributed by atoms with van der Waals surface area (Å²) in [5, 5.41) is 9.76. The standard InChI is InChI=1S/C21H25ClN2O5/c1-15(25)28-14-18-5-4-17(29-18)13-23-7-2-8-24(10-9-23)21(27)12-16-3-6-20(26)19(22)11-16/h3-6,11,26H,2,7-10,12-14H2,1H3. The molecule has 1 aromatic carbocycles. The molecule has 2 aromatic rings. The number of hydrogen-bond donors (Lipinski definition) is 1. The molecule has 7 nitrogen and oxygen atoms in total. The van der Waals surface area contributed by atoms with Crippen LogP contribution in [0.1, 0.15) is 30.4 Å². The fourth-order valence-electron chi connectivity index (χ4n) is 3.30. The van der Waals surface area contributed by atoms with Crippen LogP contribution in [0.5, 0.6) is 5.75 Å². The monoisotopic (exact) mass is 420 g/mol. The van der Waals surface area contributed by atoms with Crippen LogP contribution in [0.4, 0.5) is 0 Å². The lowest BCUT2D eigenvalue weighted by atomic mass is 10.1. The Morgan fingerprint density at radius 1 is 1.14 bits per heavy atom. The molecule has 1 saturated heterocycles. The minimum atomic E-state index is -0.338. The second kappa shape index (κ2) is 9.80. The summed E-state index contributed by atoms with van der Waals surface area (Å²) in [4.78, 5) is 27.7. The summed E-state index contributed by atoms with van der Waals surface area (Å²) in [5.41, 5.74) is 0.787. The predicted molar refractivity (Wildman–Crippen MR) is 107 cm³/mol. The Balaban J connectivity index is 1.50. The van der Waals surface area contributed by atoms with Gasteiger partial charge in [-0.2, -0.15) is 0 Å². The van der Waals surface area contributed by atoms with E-state index in [9.17, 15) is 14.7 Å². The Labute approximate surface area is 174 Å². The van der Waals surface area contributed by atoms with E-state index in [0.29, 0.717) is 25.4 Å². The molecular formula is C21H25ClN2O5. The van der Waals surface area contributed by atoms with Gasteiger partial charge in [-0.15, -0.1) is 0 Å². The number of benzene rings is 1. The van der Waals surface area contributed by atoms with E-state index in [1.165, 1.54) is 13.0 Å². The average Bonchev–Trinajstić information content (AvgIpc) is 2.99. The van der Waals surface area contributed by atoms with Crippen LogP contribution >= 0.6 is 11.6 Å². The first-order valence-electron chi connectivity index (χ1n) is 9.59. The van der Waals surface area contributed by atoms with E-state index < -0.39 is 0 Å². The van der Waals surface area contributed by atoms with Gasteiger partial charge in [0.2, 0.25) is 5.91 Å². The van der Waals surface area contributed by atoms with E-state index in [1.807, 2.05) is 17.0 Å². The fraction of sp³-hybridized carbons (Fsp3) is 0.429. The van der Waals surface area contributed by atoms with Gasteiger partial charge in [0, 0.05) is 33.1 Å². The minimum Gasteiger partial charge on any atom is -0.506 e. The largest absolute Gasteiger partial charge is 0.506 e. The van der Waals surface area contributed by atoms with Crippen LogP contribution in [0, 0.1) is 0 Å². The maximum Gasteiger partial charge on any atom is 0.303 e. The van der Waals surface area contributed by atoms with E-state index >= 15 is 0 Å². The van der Waals surface area contributed by atoms with Crippen LogP contribution in [0.25, 0.3) is 0 Å². The van der Waals surface area contributed by atoms with Gasteiger partial charge in [0.25, 0.3) is 0 Å². The van der Waals surface area contributed by atoms with E-state index in [4.69, 9.17) is 20.8 Å². The van der Waals surface area contributed by atoms with Gasteiger partial charge in [-0.25, -0.2) is 0 Å². The van der Waals surface area contributed by atoms with E-state index in [0.717, 1.165) is 30.8 Å². The van der Waals surface area contributed by atoms with Crippen LogP contribution in [-0.4, -0.2) is 53.0 Å². The Bertz CT molecular complexity index is 867. The number of amides is 1. The van der Waals surface area contributed by atoms with Crippen molar-refractivity contribution in [2.45, 2.75) is 32.9 Å². The molecule has 0 saturated carbocycles. The van der Waals surface area contributed by atoms with Crippen molar-refractivity contribution in [1.29, 1.82) is 0 Å². The van der Waals surface area contributed by atoms with Crippen molar-refractivity contribution in [3.8, 4) is 5.75 Å². The van der Waals surface area contributed by atoms with Crippen LogP contribution in [0.3, 0.4) is 0 Å². The third-order valence-electron chi connectivity index (χ3n) is 4.82. The first kappa shape index (κ1) is 21.2. The van der Waals surface area contributed by atoms with Gasteiger partial charge in [0.05, 0.1) is 18.0 Å². The molecule has 1 amide bonds. The molecule has 1 aliphatic heterocycles. The van der Waals surface area contributed by atoms with E-state index in [1.54, 1.807) is 12.1 Å². The number of carbonyl (C=O) groups excluding carboxylic acids is 2. The molecule has 1 aliphatic rings. The molecule has 0 bridgehead atoms. The fourth-order valence-corrected chi connectivity index (χ4v) is 3.51. The quantitative estimate of drug-likeness (QED) is 0.723. The lowest BCUT2D eigenvalue weighted by Crippen LogP contribution is -2.36. The predicted octanol–water partition coefficient (Wildman–Crippen LogP) is 2.98. The summed E-state index contributed by atoms with van der Waals surface area (Å²) in [6, 6.07) is 8.56. The van der Waals surface area contributed by atoms with Crippen LogP contribution < -0.4 is 0 Å². The SMILES string of the molecule is CC(=O)OCc1ccc(CN2CCCN(C(=O)Cc3ccc(O)c(Cl)c3)CC2)o1. The number of nitrogens with zero attached hydrogens (tertiary/aromatic N) is 2. The maximum absolute atomic E-state index is 12.7. The van der Waals surface area contributed by atoms with Crippen LogP contribution in [0.15, 0.2) is 34.7 Å². The molecule has 1 N–H and O–H groups in total. The summed E-state index contributed by atoms with van der Waals surface area (Å²) in [6.07, 6.45) is 1.14. The summed E-state index contributed by atoms with van der Waals surface area (Å²) >= 11 is 5.93. The van der Waals surface area contributed by atoms with Crippen molar-refractivity contribution in [1.82, 2.24) is 9.80 Å². The number of halogens is 1. The summed E-state index contributed by atoms with van der Waals surface area (Å²) in [5.74, 6) is 1.16. The molecular weight excluding hydrogens is 396 g/mol. The summed E-state index contributed by atoms with van der Waals surface area (Å²) in [6.45, 7) is 5.12. The number of rotatable bonds is 6. The van der Waals surface area contributed by atoms with Crippen molar-refractivity contribution < 1.29 is 23.8 Å². The number of phenols is 1. The lowest BCUT2D eigenvalue weighted by Gasteiger charge is -2.21. The highest BCUT2D eigenvalue weighted by Gasteiger charge is 2.20. The highest BCUT2D eigenvalue weighted by molar-refractivity contribution is 6.32. The zero-order valence-corrected chi connectivity index (χ0v) is 17.2. The molecule has 29 heavy (non-hydrogen) atoms.